The molecule has 0 aromatic heterocycles. The van der Waals surface area contributed by atoms with Gasteiger partial charge in [0.2, 0.25) is 5.91 Å². The summed E-state index contributed by atoms with van der Waals surface area (Å²) in [5, 5.41) is 8.23. The smallest absolute Gasteiger partial charge is 0.240 e. The average Bonchev–Trinajstić information content (AvgIpc) is 3.10. The Morgan fingerprint density at radius 1 is 1.15 bits per heavy atom. The predicted octanol–water partition coefficient (Wildman–Crippen LogP) is 5.13. The summed E-state index contributed by atoms with van der Waals surface area (Å²) >= 11 is 12.5. The Morgan fingerprint density at radius 3 is 2.67 bits per heavy atom. The zero-order valence-electron chi connectivity index (χ0n) is 19.4. The van der Waals surface area contributed by atoms with Crippen molar-refractivity contribution in [3.05, 3.63) is 69.7 Å². The highest BCUT2D eigenvalue weighted by molar-refractivity contribution is 6.42. The van der Waals surface area contributed by atoms with Gasteiger partial charge in [0.1, 0.15) is 5.54 Å². The van der Waals surface area contributed by atoms with Crippen molar-refractivity contribution in [3.63, 3.8) is 0 Å². The Labute approximate surface area is 207 Å². The number of carbonyl (C=O) groups excluding carboxylic acids is 1. The number of benzene rings is 2. The number of carbonyl (C=O) groups is 1. The predicted molar refractivity (Wildman–Crippen MR) is 134 cm³/mol. The Balaban J connectivity index is 1.40. The molecule has 6 rings (SSSR count). The second kappa shape index (κ2) is 9.22. The molecular weight excluding hydrogens is 453 g/mol. The number of fused-ring (bicyclic) bond motifs is 1. The van der Waals surface area contributed by atoms with Crippen LogP contribution in [0.25, 0.3) is 0 Å². The first-order valence-corrected chi connectivity index (χ1v) is 12.9. The van der Waals surface area contributed by atoms with E-state index in [4.69, 9.17) is 23.2 Å². The molecule has 3 saturated heterocycles. The van der Waals surface area contributed by atoms with Crippen LogP contribution in [0.2, 0.25) is 10.0 Å². The molecular formula is C27H33Cl2N3O. The van der Waals surface area contributed by atoms with Crippen LogP contribution in [0.15, 0.2) is 48.5 Å². The van der Waals surface area contributed by atoms with E-state index >= 15 is 0 Å². The number of halogens is 2. The highest BCUT2D eigenvalue weighted by Gasteiger charge is 2.64. The number of piperidine rings is 2. The third-order valence-electron chi connectivity index (χ3n) is 8.01. The largest absolute Gasteiger partial charge is 0.350 e. The Bertz CT molecular complexity index is 1010. The molecule has 5 atom stereocenters. The van der Waals surface area contributed by atoms with Gasteiger partial charge in [0.15, 0.2) is 0 Å². The van der Waals surface area contributed by atoms with Crippen LogP contribution < -0.4 is 10.6 Å². The molecule has 2 aromatic carbocycles. The lowest BCUT2D eigenvalue weighted by Gasteiger charge is -2.56. The number of hydrogen-bond donors (Lipinski definition) is 2. The van der Waals surface area contributed by atoms with E-state index in [1.807, 2.05) is 30.3 Å². The molecule has 0 spiro atoms. The van der Waals surface area contributed by atoms with Gasteiger partial charge in [-0.05, 0) is 53.9 Å². The van der Waals surface area contributed by atoms with Crippen LogP contribution in [-0.4, -0.2) is 35.5 Å². The molecule has 33 heavy (non-hydrogen) atoms. The van der Waals surface area contributed by atoms with Gasteiger partial charge in [0.25, 0.3) is 0 Å². The lowest BCUT2D eigenvalue weighted by molar-refractivity contribution is -0.139. The summed E-state index contributed by atoms with van der Waals surface area (Å²) < 4.78 is 0. The number of nitrogens with zero attached hydrogens (tertiary/aromatic N) is 1. The van der Waals surface area contributed by atoms with Crippen molar-refractivity contribution in [2.45, 2.75) is 51.4 Å². The second-order valence-corrected chi connectivity index (χ2v) is 11.4. The summed E-state index contributed by atoms with van der Waals surface area (Å²) in [6, 6.07) is 16.5. The maximum absolute atomic E-state index is 13.8. The van der Waals surface area contributed by atoms with Crippen molar-refractivity contribution in [2.75, 3.05) is 13.1 Å². The topological polar surface area (TPSA) is 44.4 Å². The van der Waals surface area contributed by atoms with Crippen LogP contribution in [0.4, 0.5) is 0 Å². The number of hydrogen-bond acceptors (Lipinski definition) is 3. The molecule has 2 N–H and O–H groups in total. The minimum Gasteiger partial charge on any atom is -0.350 e. The first kappa shape index (κ1) is 23.2. The maximum Gasteiger partial charge on any atom is 0.240 e. The standard InChI is InChI=1S/C27H33Cl2N3O/c1-17(2)10-22-25-21-14-31-27(22,26(33)30-13-18-6-4-3-5-7-18)12-20(21)16-32(25)15-19-8-9-23(28)24(29)11-19/h3-9,11,17,20-22,25,31H,10,12-16H2,1-2H3,(H,30,33)/t20-,21-,22+,25-,27+/m1/s1. The monoisotopic (exact) mass is 485 g/mol. The number of rotatable bonds is 7. The van der Waals surface area contributed by atoms with Gasteiger partial charge in [0, 0.05) is 38.1 Å². The summed E-state index contributed by atoms with van der Waals surface area (Å²) in [5.74, 6) is 2.13. The fraction of sp³-hybridized carbons (Fsp3) is 0.519. The molecule has 1 amide bonds. The molecule has 4 bridgehead atoms. The van der Waals surface area contributed by atoms with Crippen molar-refractivity contribution in [2.24, 2.45) is 23.7 Å². The van der Waals surface area contributed by atoms with Gasteiger partial charge in [-0.2, -0.15) is 0 Å². The van der Waals surface area contributed by atoms with Gasteiger partial charge in [-0.1, -0.05) is 73.4 Å². The molecule has 4 fully saturated rings. The van der Waals surface area contributed by atoms with Crippen molar-refractivity contribution in [1.29, 1.82) is 0 Å². The van der Waals surface area contributed by atoms with Crippen molar-refractivity contribution in [3.8, 4) is 0 Å². The van der Waals surface area contributed by atoms with Crippen LogP contribution >= 0.6 is 23.2 Å². The molecule has 2 aromatic rings. The molecule has 4 nitrogen and oxygen atoms in total. The van der Waals surface area contributed by atoms with Crippen molar-refractivity contribution in [1.82, 2.24) is 15.5 Å². The number of likely N-dealkylation sites (tertiary alicyclic amines) is 1. The highest BCUT2D eigenvalue weighted by atomic mass is 35.5. The molecule has 3 heterocycles. The first-order chi connectivity index (χ1) is 15.9. The molecule has 1 aliphatic carbocycles. The van der Waals surface area contributed by atoms with Gasteiger partial charge < -0.3 is 10.6 Å². The van der Waals surface area contributed by atoms with E-state index in [0.717, 1.165) is 38.0 Å². The Morgan fingerprint density at radius 2 is 1.94 bits per heavy atom. The van der Waals surface area contributed by atoms with Gasteiger partial charge in [0.05, 0.1) is 10.0 Å². The molecule has 3 aliphatic heterocycles. The van der Waals surface area contributed by atoms with Crippen LogP contribution in [0, 0.1) is 23.7 Å². The first-order valence-electron chi connectivity index (χ1n) is 12.1. The summed E-state index contributed by atoms with van der Waals surface area (Å²) in [4.78, 5) is 16.4. The minimum atomic E-state index is -0.491. The fourth-order valence-electron chi connectivity index (χ4n) is 6.69. The minimum absolute atomic E-state index is 0.168. The van der Waals surface area contributed by atoms with E-state index < -0.39 is 5.54 Å². The van der Waals surface area contributed by atoms with Gasteiger partial charge in [-0.25, -0.2) is 0 Å². The van der Waals surface area contributed by atoms with E-state index in [9.17, 15) is 4.79 Å². The fourth-order valence-corrected chi connectivity index (χ4v) is 7.01. The van der Waals surface area contributed by atoms with Crippen LogP contribution in [-0.2, 0) is 17.9 Å². The maximum atomic E-state index is 13.8. The molecule has 1 saturated carbocycles. The molecule has 4 aliphatic rings. The third-order valence-corrected chi connectivity index (χ3v) is 8.75. The zero-order chi connectivity index (χ0) is 23.2. The summed E-state index contributed by atoms with van der Waals surface area (Å²) in [6.07, 6.45) is 1.96. The molecule has 176 valence electrons. The van der Waals surface area contributed by atoms with E-state index in [2.05, 4.69) is 47.6 Å². The summed E-state index contributed by atoms with van der Waals surface area (Å²) in [6.45, 7) is 7.93. The second-order valence-electron chi connectivity index (χ2n) is 10.6. The van der Waals surface area contributed by atoms with Crippen molar-refractivity contribution < 1.29 is 4.79 Å². The van der Waals surface area contributed by atoms with E-state index in [1.54, 1.807) is 0 Å². The molecule has 0 radical (unpaired) electrons. The average molecular weight is 486 g/mol. The Hall–Kier alpha value is -1.59. The van der Waals surface area contributed by atoms with Gasteiger partial charge in [-0.15, -0.1) is 0 Å². The van der Waals surface area contributed by atoms with Crippen LogP contribution in [0.1, 0.15) is 37.8 Å². The van der Waals surface area contributed by atoms with Crippen molar-refractivity contribution >= 4 is 29.1 Å². The SMILES string of the molecule is CC(C)C[C@H]1[C@H]2[C@@H]3CN[C@@]1(C(=O)NCc1ccccc1)C[C@@H]3CN2Cc1ccc(Cl)c(Cl)c1. The zero-order valence-corrected chi connectivity index (χ0v) is 20.9. The van der Waals surface area contributed by atoms with E-state index in [-0.39, 0.29) is 11.8 Å². The number of nitrogens with one attached hydrogen (secondary N) is 2. The summed E-state index contributed by atoms with van der Waals surface area (Å²) in [7, 11) is 0. The molecule has 0 unspecified atom stereocenters. The lowest BCUT2D eigenvalue weighted by atomic mass is 9.57. The number of amides is 1. The third kappa shape index (κ3) is 4.32. The van der Waals surface area contributed by atoms with Gasteiger partial charge in [-0.3, -0.25) is 9.69 Å². The lowest BCUT2D eigenvalue weighted by Crippen LogP contribution is -2.74. The van der Waals surface area contributed by atoms with Gasteiger partial charge >= 0.3 is 0 Å². The van der Waals surface area contributed by atoms with Crippen LogP contribution in [0.3, 0.4) is 0 Å². The quantitative estimate of drug-likeness (QED) is 0.570. The normalized spacial score (nSPS) is 30.7. The highest BCUT2D eigenvalue weighted by Crippen LogP contribution is 2.54. The molecule has 6 heteroatoms. The van der Waals surface area contributed by atoms with Crippen LogP contribution in [0.5, 0.6) is 0 Å². The van der Waals surface area contributed by atoms with E-state index in [1.165, 1.54) is 5.56 Å². The Kier molecular flexibility index (Phi) is 6.47. The summed E-state index contributed by atoms with van der Waals surface area (Å²) in [5.41, 5.74) is 1.83. The van der Waals surface area contributed by atoms with E-state index in [0.29, 0.717) is 40.4 Å².